The first-order valence-corrected chi connectivity index (χ1v) is 4.48. The van der Waals surface area contributed by atoms with Crippen LogP contribution in [0.3, 0.4) is 0 Å². The second kappa shape index (κ2) is 5.94. The fraction of sp³-hybridized carbons (Fsp3) is 0.889. The Morgan fingerprint density at radius 3 is 2.54 bits per heavy atom. The minimum absolute atomic E-state index is 0.0551. The van der Waals surface area contributed by atoms with Crippen molar-refractivity contribution >= 4 is 5.91 Å². The number of hydrogen-bond donors (Lipinski definition) is 2. The average Bonchev–Trinajstić information content (AvgIpc) is 2.11. The van der Waals surface area contributed by atoms with Crippen LogP contribution in [-0.2, 0) is 9.53 Å². The molecule has 4 heteroatoms. The van der Waals surface area contributed by atoms with Crippen LogP contribution in [0.25, 0.3) is 0 Å². The first-order chi connectivity index (χ1) is 6.02. The van der Waals surface area contributed by atoms with Gasteiger partial charge in [0.2, 0.25) is 5.91 Å². The average molecular weight is 188 g/mol. The molecule has 4 nitrogen and oxygen atoms in total. The molecule has 0 aromatic heterocycles. The molecule has 13 heavy (non-hydrogen) atoms. The van der Waals surface area contributed by atoms with Gasteiger partial charge in [0.05, 0.1) is 5.60 Å². The van der Waals surface area contributed by atoms with Crippen LogP contribution in [0.5, 0.6) is 0 Å². The molecule has 0 aromatic rings. The van der Waals surface area contributed by atoms with Crippen molar-refractivity contribution in [2.24, 2.45) is 0 Å². The Morgan fingerprint density at radius 2 is 2.08 bits per heavy atom. The zero-order valence-electron chi connectivity index (χ0n) is 8.94. The SMILES string of the molecule is CNCCC(=O)NCC(C)(C)OC. The topological polar surface area (TPSA) is 50.4 Å². The Kier molecular flexibility index (Phi) is 5.66. The van der Waals surface area contributed by atoms with Gasteiger partial charge in [-0.3, -0.25) is 4.79 Å². The van der Waals surface area contributed by atoms with Gasteiger partial charge in [-0.25, -0.2) is 0 Å². The second-order valence-electron chi connectivity index (χ2n) is 3.59. The highest BCUT2D eigenvalue weighted by molar-refractivity contribution is 5.76. The molecule has 0 atom stereocenters. The fourth-order valence-corrected chi connectivity index (χ4v) is 0.711. The van der Waals surface area contributed by atoms with Crippen LogP contribution < -0.4 is 10.6 Å². The molecule has 0 rings (SSSR count). The number of methoxy groups -OCH3 is 1. The molecule has 0 heterocycles. The van der Waals surface area contributed by atoms with E-state index in [2.05, 4.69) is 10.6 Å². The third-order valence-corrected chi connectivity index (χ3v) is 1.87. The van der Waals surface area contributed by atoms with Crippen LogP contribution in [-0.4, -0.2) is 38.8 Å². The minimum Gasteiger partial charge on any atom is -0.377 e. The van der Waals surface area contributed by atoms with Gasteiger partial charge < -0.3 is 15.4 Å². The number of amides is 1. The summed E-state index contributed by atoms with van der Waals surface area (Å²) in [5, 5.41) is 5.72. The van der Waals surface area contributed by atoms with Crippen molar-refractivity contribution in [3.05, 3.63) is 0 Å². The lowest BCUT2D eigenvalue weighted by Gasteiger charge is -2.23. The van der Waals surface area contributed by atoms with Crippen molar-refractivity contribution in [2.75, 3.05) is 27.2 Å². The number of hydrogen-bond acceptors (Lipinski definition) is 3. The van der Waals surface area contributed by atoms with Crippen molar-refractivity contribution in [3.8, 4) is 0 Å². The zero-order chi connectivity index (χ0) is 10.3. The van der Waals surface area contributed by atoms with Gasteiger partial charge in [0, 0.05) is 26.6 Å². The fourth-order valence-electron chi connectivity index (χ4n) is 0.711. The van der Waals surface area contributed by atoms with E-state index in [0.717, 1.165) is 0 Å². The van der Waals surface area contributed by atoms with Crippen LogP contribution in [0.2, 0.25) is 0 Å². The van der Waals surface area contributed by atoms with Crippen LogP contribution in [0.15, 0.2) is 0 Å². The molecule has 1 amide bonds. The van der Waals surface area contributed by atoms with E-state index in [1.54, 1.807) is 7.11 Å². The highest BCUT2D eigenvalue weighted by Gasteiger charge is 2.16. The summed E-state index contributed by atoms with van der Waals surface area (Å²) in [4.78, 5) is 11.2. The van der Waals surface area contributed by atoms with Crippen molar-refractivity contribution in [1.82, 2.24) is 10.6 Å². The van der Waals surface area contributed by atoms with Gasteiger partial charge in [-0.15, -0.1) is 0 Å². The zero-order valence-corrected chi connectivity index (χ0v) is 8.94. The van der Waals surface area contributed by atoms with E-state index in [1.807, 2.05) is 20.9 Å². The minimum atomic E-state index is -0.282. The van der Waals surface area contributed by atoms with Gasteiger partial charge in [0.1, 0.15) is 0 Å². The second-order valence-corrected chi connectivity index (χ2v) is 3.59. The maximum Gasteiger partial charge on any atom is 0.221 e. The third-order valence-electron chi connectivity index (χ3n) is 1.87. The molecule has 0 aliphatic carbocycles. The number of ether oxygens (including phenoxy) is 1. The maximum atomic E-state index is 11.2. The van der Waals surface area contributed by atoms with Crippen molar-refractivity contribution in [1.29, 1.82) is 0 Å². The Labute approximate surface area is 80.0 Å². The summed E-state index contributed by atoms with van der Waals surface area (Å²) in [5.41, 5.74) is -0.282. The normalized spacial score (nSPS) is 11.4. The van der Waals surface area contributed by atoms with Crippen LogP contribution >= 0.6 is 0 Å². The molecule has 0 fully saturated rings. The highest BCUT2D eigenvalue weighted by atomic mass is 16.5. The predicted octanol–water partition coefficient (Wildman–Crippen LogP) is 0.137. The van der Waals surface area contributed by atoms with E-state index in [9.17, 15) is 4.79 Å². The van der Waals surface area contributed by atoms with Crippen molar-refractivity contribution in [2.45, 2.75) is 25.9 Å². The van der Waals surface area contributed by atoms with Crippen molar-refractivity contribution < 1.29 is 9.53 Å². The van der Waals surface area contributed by atoms with Gasteiger partial charge in [0.15, 0.2) is 0 Å². The lowest BCUT2D eigenvalue weighted by atomic mass is 10.1. The van der Waals surface area contributed by atoms with Gasteiger partial charge in [-0.1, -0.05) is 0 Å². The lowest BCUT2D eigenvalue weighted by Crippen LogP contribution is -2.40. The first-order valence-electron chi connectivity index (χ1n) is 4.48. The van der Waals surface area contributed by atoms with E-state index in [4.69, 9.17) is 4.74 Å². The first kappa shape index (κ1) is 12.4. The molecule has 0 unspecified atom stereocenters. The van der Waals surface area contributed by atoms with E-state index >= 15 is 0 Å². The summed E-state index contributed by atoms with van der Waals surface area (Å²) < 4.78 is 5.16. The molecule has 0 radical (unpaired) electrons. The Balaban J connectivity index is 3.57. The van der Waals surface area contributed by atoms with E-state index in [1.165, 1.54) is 0 Å². The van der Waals surface area contributed by atoms with Gasteiger partial charge >= 0.3 is 0 Å². The molecule has 2 N–H and O–H groups in total. The third kappa shape index (κ3) is 6.54. The summed E-state index contributed by atoms with van der Waals surface area (Å²) in [6, 6.07) is 0. The van der Waals surface area contributed by atoms with Crippen molar-refractivity contribution in [3.63, 3.8) is 0 Å². The molecule has 0 bridgehead atoms. The number of carbonyl (C=O) groups is 1. The highest BCUT2D eigenvalue weighted by Crippen LogP contribution is 2.04. The quantitative estimate of drug-likeness (QED) is 0.623. The predicted molar refractivity (Wildman–Crippen MR) is 52.6 cm³/mol. The summed E-state index contributed by atoms with van der Waals surface area (Å²) in [5.74, 6) is 0.0551. The molecule has 0 aliphatic rings. The van der Waals surface area contributed by atoms with Crippen LogP contribution in [0, 0.1) is 0 Å². The molecule has 78 valence electrons. The molecule has 0 saturated heterocycles. The van der Waals surface area contributed by atoms with E-state index in [0.29, 0.717) is 19.5 Å². The number of carbonyl (C=O) groups excluding carboxylic acids is 1. The molecular formula is C9H20N2O2. The molecular weight excluding hydrogens is 168 g/mol. The summed E-state index contributed by atoms with van der Waals surface area (Å²) in [6.07, 6.45) is 0.510. The van der Waals surface area contributed by atoms with E-state index < -0.39 is 0 Å². The molecule has 0 aromatic carbocycles. The lowest BCUT2D eigenvalue weighted by molar-refractivity contribution is -0.122. The number of nitrogens with one attached hydrogen (secondary N) is 2. The number of rotatable bonds is 6. The maximum absolute atomic E-state index is 11.2. The Morgan fingerprint density at radius 1 is 1.46 bits per heavy atom. The van der Waals surface area contributed by atoms with Crippen LogP contribution in [0.1, 0.15) is 20.3 Å². The summed E-state index contributed by atoms with van der Waals surface area (Å²) in [6.45, 7) is 5.13. The Bertz CT molecular complexity index is 158. The molecule has 0 saturated carbocycles. The largest absolute Gasteiger partial charge is 0.377 e. The standard InChI is InChI=1S/C9H20N2O2/c1-9(2,13-4)7-11-8(12)5-6-10-3/h10H,5-7H2,1-4H3,(H,11,12). The van der Waals surface area contributed by atoms with Gasteiger partial charge in [0.25, 0.3) is 0 Å². The van der Waals surface area contributed by atoms with Crippen LogP contribution in [0.4, 0.5) is 0 Å². The Hall–Kier alpha value is -0.610. The monoisotopic (exact) mass is 188 g/mol. The van der Waals surface area contributed by atoms with Gasteiger partial charge in [-0.05, 0) is 20.9 Å². The van der Waals surface area contributed by atoms with Gasteiger partial charge in [-0.2, -0.15) is 0 Å². The molecule has 0 aliphatic heterocycles. The summed E-state index contributed by atoms with van der Waals surface area (Å²) in [7, 11) is 3.46. The summed E-state index contributed by atoms with van der Waals surface area (Å²) >= 11 is 0. The van der Waals surface area contributed by atoms with E-state index in [-0.39, 0.29) is 11.5 Å². The smallest absolute Gasteiger partial charge is 0.221 e. The molecule has 0 spiro atoms.